The topological polar surface area (TPSA) is 50.8 Å². The minimum atomic E-state index is -0.311. The van der Waals surface area contributed by atoms with Crippen molar-refractivity contribution in [2.24, 2.45) is 0 Å². The van der Waals surface area contributed by atoms with E-state index in [0.29, 0.717) is 5.56 Å². The Morgan fingerprint density at radius 2 is 1.82 bits per heavy atom. The molecule has 2 heterocycles. The first-order valence-corrected chi connectivity index (χ1v) is 9.98. The third kappa shape index (κ3) is 4.37. The molecule has 0 aliphatic carbocycles. The molecule has 5 nitrogen and oxygen atoms in total. The van der Waals surface area contributed by atoms with Crippen LogP contribution in [0.25, 0.3) is 0 Å². The lowest BCUT2D eigenvalue weighted by Gasteiger charge is -2.37. The van der Waals surface area contributed by atoms with Crippen LogP contribution < -0.4 is 10.1 Å². The highest BCUT2D eigenvalue weighted by atomic mass is 16.5. The first-order valence-electron chi connectivity index (χ1n) is 9.98. The molecule has 0 aromatic heterocycles. The summed E-state index contributed by atoms with van der Waals surface area (Å²) in [5.41, 5.74) is 2.64. The molecule has 0 bridgehead atoms. The van der Waals surface area contributed by atoms with Crippen molar-refractivity contribution in [3.63, 3.8) is 0 Å². The van der Waals surface area contributed by atoms with Crippen LogP contribution in [0.1, 0.15) is 47.8 Å². The summed E-state index contributed by atoms with van der Waals surface area (Å²) in [7, 11) is 0. The Morgan fingerprint density at radius 3 is 2.57 bits per heavy atom. The minimum absolute atomic E-state index is 0.0459. The van der Waals surface area contributed by atoms with Gasteiger partial charge in [-0.3, -0.25) is 9.69 Å². The number of ether oxygens (including phenoxy) is 2. The van der Waals surface area contributed by atoms with Crippen molar-refractivity contribution in [1.29, 1.82) is 0 Å². The molecule has 2 aromatic carbocycles. The average molecular weight is 380 g/mol. The van der Waals surface area contributed by atoms with Crippen molar-refractivity contribution in [2.45, 2.75) is 38.5 Å². The SMILES string of the molecule is CC1(C)CC(NC(=O)c2ccc(CN3CCOCC3)cc2)c2ccccc2O1. The maximum absolute atomic E-state index is 12.9. The van der Waals surface area contributed by atoms with Gasteiger partial charge in [0.05, 0.1) is 19.3 Å². The zero-order valence-electron chi connectivity index (χ0n) is 16.6. The molecule has 148 valence electrons. The van der Waals surface area contributed by atoms with Crippen LogP contribution in [-0.2, 0) is 11.3 Å². The molecule has 0 spiro atoms. The number of nitrogens with zero attached hydrogens (tertiary/aromatic N) is 1. The molecule has 1 atom stereocenters. The van der Waals surface area contributed by atoms with Crippen LogP contribution in [0.15, 0.2) is 48.5 Å². The average Bonchev–Trinajstić information content (AvgIpc) is 2.68. The highest BCUT2D eigenvalue weighted by Gasteiger charge is 2.34. The Labute approximate surface area is 166 Å². The molecule has 4 rings (SSSR count). The molecule has 1 unspecified atom stereocenters. The van der Waals surface area contributed by atoms with Gasteiger partial charge in [0.2, 0.25) is 0 Å². The fourth-order valence-corrected chi connectivity index (χ4v) is 3.95. The summed E-state index contributed by atoms with van der Waals surface area (Å²) < 4.78 is 11.5. The number of carbonyl (C=O) groups is 1. The molecule has 2 aliphatic heterocycles. The second-order valence-corrected chi connectivity index (χ2v) is 8.22. The number of nitrogens with one attached hydrogen (secondary N) is 1. The quantitative estimate of drug-likeness (QED) is 0.881. The number of fused-ring (bicyclic) bond motifs is 1. The van der Waals surface area contributed by atoms with Crippen LogP contribution in [0.3, 0.4) is 0 Å². The zero-order valence-corrected chi connectivity index (χ0v) is 16.6. The van der Waals surface area contributed by atoms with Crippen molar-refractivity contribution in [1.82, 2.24) is 10.2 Å². The van der Waals surface area contributed by atoms with Crippen molar-refractivity contribution in [3.05, 3.63) is 65.2 Å². The van der Waals surface area contributed by atoms with E-state index in [1.807, 2.05) is 48.5 Å². The third-order valence-corrected chi connectivity index (χ3v) is 5.41. The van der Waals surface area contributed by atoms with Gasteiger partial charge in [0.25, 0.3) is 5.91 Å². The van der Waals surface area contributed by atoms with Gasteiger partial charge in [0, 0.05) is 37.2 Å². The van der Waals surface area contributed by atoms with Crippen LogP contribution in [0.5, 0.6) is 5.75 Å². The van der Waals surface area contributed by atoms with Crippen molar-refractivity contribution in [2.75, 3.05) is 26.3 Å². The molecular formula is C23H28N2O3. The second kappa shape index (κ2) is 7.94. The van der Waals surface area contributed by atoms with E-state index in [1.165, 1.54) is 5.56 Å². The number of rotatable bonds is 4. The maximum atomic E-state index is 12.9. The molecule has 1 saturated heterocycles. The van der Waals surface area contributed by atoms with Crippen LogP contribution in [0.4, 0.5) is 0 Å². The van der Waals surface area contributed by atoms with E-state index in [1.54, 1.807) is 0 Å². The number of carbonyl (C=O) groups excluding carboxylic acids is 1. The lowest BCUT2D eigenvalue weighted by atomic mass is 9.89. The van der Waals surface area contributed by atoms with Crippen LogP contribution in [-0.4, -0.2) is 42.7 Å². The minimum Gasteiger partial charge on any atom is -0.487 e. The Morgan fingerprint density at radius 1 is 1.11 bits per heavy atom. The highest BCUT2D eigenvalue weighted by molar-refractivity contribution is 5.94. The standard InChI is InChI=1S/C23H28N2O3/c1-23(2)15-20(19-5-3-4-6-21(19)28-23)24-22(26)18-9-7-17(8-10-18)16-25-11-13-27-14-12-25/h3-10,20H,11-16H2,1-2H3,(H,24,26). The van der Waals surface area contributed by atoms with Crippen molar-refractivity contribution < 1.29 is 14.3 Å². The molecule has 2 aliphatic rings. The van der Waals surface area contributed by atoms with E-state index in [2.05, 4.69) is 24.1 Å². The number of benzene rings is 2. The van der Waals surface area contributed by atoms with Crippen molar-refractivity contribution >= 4 is 5.91 Å². The van der Waals surface area contributed by atoms with E-state index in [-0.39, 0.29) is 17.6 Å². The third-order valence-electron chi connectivity index (χ3n) is 5.41. The number of hydrogen-bond donors (Lipinski definition) is 1. The molecule has 2 aromatic rings. The van der Waals surface area contributed by atoms with E-state index >= 15 is 0 Å². The lowest BCUT2D eigenvalue weighted by molar-refractivity contribution is 0.0342. The van der Waals surface area contributed by atoms with Crippen LogP contribution in [0, 0.1) is 0 Å². The summed E-state index contributed by atoms with van der Waals surface area (Å²) in [4.78, 5) is 15.2. The number of morpholine rings is 1. The summed E-state index contributed by atoms with van der Waals surface area (Å²) in [5.74, 6) is 0.806. The first kappa shape index (κ1) is 19.0. The molecule has 1 fully saturated rings. The van der Waals surface area contributed by atoms with Crippen LogP contribution >= 0.6 is 0 Å². The Hall–Kier alpha value is -2.37. The summed E-state index contributed by atoms with van der Waals surface area (Å²) in [6.45, 7) is 8.52. The number of amides is 1. The second-order valence-electron chi connectivity index (χ2n) is 8.22. The summed E-state index contributed by atoms with van der Waals surface area (Å²) >= 11 is 0. The molecule has 1 amide bonds. The van der Waals surface area contributed by atoms with Gasteiger partial charge in [0.15, 0.2) is 0 Å². The lowest BCUT2D eigenvalue weighted by Crippen LogP contribution is -2.41. The van der Waals surface area contributed by atoms with Gasteiger partial charge in [-0.2, -0.15) is 0 Å². The fraction of sp³-hybridized carbons (Fsp3) is 0.435. The smallest absolute Gasteiger partial charge is 0.251 e. The summed E-state index contributed by atoms with van der Waals surface area (Å²) in [6.07, 6.45) is 0.741. The summed E-state index contributed by atoms with van der Waals surface area (Å²) in [5, 5.41) is 3.20. The molecule has 28 heavy (non-hydrogen) atoms. The van der Waals surface area contributed by atoms with Gasteiger partial charge in [-0.1, -0.05) is 30.3 Å². The fourth-order valence-electron chi connectivity index (χ4n) is 3.95. The molecule has 0 radical (unpaired) electrons. The largest absolute Gasteiger partial charge is 0.487 e. The predicted octanol–water partition coefficient (Wildman–Crippen LogP) is 3.55. The maximum Gasteiger partial charge on any atom is 0.251 e. The van der Waals surface area contributed by atoms with Crippen LogP contribution in [0.2, 0.25) is 0 Å². The normalized spacial score (nSPS) is 21.4. The predicted molar refractivity (Wildman–Crippen MR) is 109 cm³/mol. The Balaban J connectivity index is 1.43. The van der Waals surface area contributed by atoms with E-state index < -0.39 is 0 Å². The Bertz CT molecular complexity index is 826. The zero-order chi connectivity index (χ0) is 19.6. The van der Waals surface area contributed by atoms with Crippen molar-refractivity contribution in [3.8, 4) is 5.75 Å². The first-order chi connectivity index (χ1) is 13.5. The van der Waals surface area contributed by atoms with Gasteiger partial charge < -0.3 is 14.8 Å². The Kier molecular flexibility index (Phi) is 5.38. The molecule has 1 N–H and O–H groups in total. The number of hydrogen-bond acceptors (Lipinski definition) is 4. The molecule has 0 saturated carbocycles. The summed E-state index contributed by atoms with van der Waals surface area (Å²) in [6, 6.07) is 15.8. The van der Waals surface area contributed by atoms with Gasteiger partial charge >= 0.3 is 0 Å². The van der Waals surface area contributed by atoms with Gasteiger partial charge in [-0.05, 0) is 37.6 Å². The number of para-hydroxylation sites is 1. The van der Waals surface area contributed by atoms with Gasteiger partial charge in [0.1, 0.15) is 11.4 Å². The van der Waals surface area contributed by atoms with E-state index in [4.69, 9.17) is 9.47 Å². The molecule has 5 heteroatoms. The highest BCUT2D eigenvalue weighted by Crippen LogP contribution is 2.39. The van der Waals surface area contributed by atoms with Gasteiger partial charge in [-0.25, -0.2) is 0 Å². The van der Waals surface area contributed by atoms with E-state index in [9.17, 15) is 4.79 Å². The van der Waals surface area contributed by atoms with E-state index in [0.717, 1.165) is 50.6 Å². The molecular weight excluding hydrogens is 352 g/mol. The monoisotopic (exact) mass is 380 g/mol. The van der Waals surface area contributed by atoms with Gasteiger partial charge in [-0.15, -0.1) is 0 Å².